The van der Waals surface area contributed by atoms with Crippen molar-refractivity contribution in [1.29, 1.82) is 0 Å². The van der Waals surface area contributed by atoms with Gasteiger partial charge in [-0.2, -0.15) is 0 Å². The molecule has 1 aromatic rings. The lowest BCUT2D eigenvalue weighted by atomic mass is 10.1. The number of benzene rings is 1. The molecule has 3 N–H and O–H groups in total. The molecule has 82 valence electrons. The van der Waals surface area contributed by atoms with E-state index in [1.54, 1.807) is 11.1 Å². The van der Waals surface area contributed by atoms with E-state index in [1.807, 2.05) is 0 Å². The minimum Gasteiger partial charge on any atom is -0.329 e. The van der Waals surface area contributed by atoms with Crippen LogP contribution in [0.2, 0.25) is 0 Å². The minimum absolute atomic E-state index is 0.401. The largest absolute Gasteiger partial charge is 0.329 e. The Kier molecular flexibility index (Phi) is 3.39. The molecule has 2 rings (SSSR count). The molecule has 1 atom stereocenters. The van der Waals surface area contributed by atoms with Gasteiger partial charge in [-0.3, -0.25) is 0 Å². The maximum atomic E-state index is 5.56. The zero-order chi connectivity index (χ0) is 10.7. The number of hydrogen-bond donors (Lipinski definition) is 2. The highest BCUT2D eigenvalue weighted by Gasteiger charge is 2.10. The van der Waals surface area contributed by atoms with E-state index < -0.39 is 0 Å². The molecule has 0 radical (unpaired) electrons. The standard InChI is InChI=1S/C13H20N2/c1-10(8-14)15-9-11-5-6-12-3-2-4-13(12)7-11/h5-7,10,15H,2-4,8-9,14H2,1H3/t10-/m1/s1. The van der Waals surface area contributed by atoms with Gasteiger partial charge >= 0.3 is 0 Å². The van der Waals surface area contributed by atoms with Crippen molar-refractivity contribution in [2.75, 3.05) is 6.54 Å². The van der Waals surface area contributed by atoms with Gasteiger partial charge in [-0.05, 0) is 42.9 Å². The molecule has 2 heteroatoms. The monoisotopic (exact) mass is 204 g/mol. The maximum Gasteiger partial charge on any atom is 0.0208 e. The van der Waals surface area contributed by atoms with E-state index in [1.165, 1.54) is 24.8 Å². The lowest BCUT2D eigenvalue weighted by Crippen LogP contribution is -2.32. The summed E-state index contributed by atoms with van der Waals surface area (Å²) >= 11 is 0. The van der Waals surface area contributed by atoms with Crippen molar-refractivity contribution in [1.82, 2.24) is 5.32 Å². The van der Waals surface area contributed by atoms with Crippen molar-refractivity contribution < 1.29 is 0 Å². The first-order valence-electron chi connectivity index (χ1n) is 5.83. The SMILES string of the molecule is C[C@H](CN)NCc1ccc2c(c1)CCC2. The Hall–Kier alpha value is -0.860. The molecule has 0 bridgehead atoms. The van der Waals surface area contributed by atoms with E-state index in [9.17, 15) is 0 Å². The normalized spacial score (nSPS) is 16.4. The Morgan fingerprint density at radius 3 is 2.93 bits per heavy atom. The van der Waals surface area contributed by atoms with Crippen molar-refractivity contribution >= 4 is 0 Å². The Labute approximate surface area is 91.9 Å². The molecular weight excluding hydrogens is 184 g/mol. The van der Waals surface area contributed by atoms with Crippen molar-refractivity contribution in [2.45, 2.75) is 38.8 Å². The number of nitrogens with one attached hydrogen (secondary N) is 1. The first-order valence-corrected chi connectivity index (χ1v) is 5.83. The van der Waals surface area contributed by atoms with E-state index >= 15 is 0 Å². The molecule has 0 fully saturated rings. The fourth-order valence-corrected chi connectivity index (χ4v) is 2.11. The summed E-state index contributed by atoms with van der Waals surface area (Å²) < 4.78 is 0. The summed E-state index contributed by atoms with van der Waals surface area (Å²) in [7, 11) is 0. The van der Waals surface area contributed by atoms with Crippen molar-refractivity contribution in [3.8, 4) is 0 Å². The Morgan fingerprint density at radius 2 is 2.13 bits per heavy atom. The molecule has 0 saturated heterocycles. The van der Waals surface area contributed by atoms with Crippen LogP contribution in [0.1, 0.15) is 30.0 Å². The van der Waals surface area contributed by atoms with Crippen LogP contribution >= 0.6 is 0 Å². The predicted octanol–water partition coefficient (Wildman–Crippen LogP) is 1.61. The van der Waals surface area contributed by atoms with Crippen LogP contribution in [0.15, 0.2) is 18.2 Å². The molecule has 1 aliphatic rings. The molecule has 1 aromatic carbocycles. The third-order valence-electron chi connectivity index (χ3n) is 3.17. The van der Waals surface area contributed by atoms with Crippen LogP contribution < -0.4 is 11.1 Å². The summed E-state index contributed by atoms with van der Waals surface area (Å²) in [5, 5.41) is 3.41. The van der Waals surface area contributed by atoms with Crippen molar-refractivity contribution in [3.63, 3.8) is 0 Å². The second-order valence-corrected chi connectivity index (χ2v) is 4.47. The zero-order valence-electron chi connectivity index (χ0n) is 9.42. The summed E-state index contributed by atoms with van der Waals surface area (Å²) in [6, 6.07) is 7.27. The van der Waals surface area contributed by atoms with Gasteiger partial charge in [0.2, 0.25) is 0 Å². The molecule has 1 aliphatic carbocycles. The molecule has 0 heterocycles. The van der Waals surface area contributed by atoms with E-state index in [4.69, 9.17) is 5.73 Å². The van der Waals surface area contributed by atoms with Crippen LogP contribution in [0.5, 0.6) is 0 Å². The molecule has 15 heavy (non-hydrogen) atoms. The highest BCUT2D eigenvalue weighted by atomic mass is 14.9. The summed E-state index contributed by atoms with van der Waals surface area (Å²) in [6.45, 7) is 3.75. The van der Waals surface area contributed by atoms with Gasteiger partial charge in [-0.25, -0.2) is 0 Å². The van der Waals surface area contributed by atoms with Gasteiger partial charge in [0, 0.05) is 19.1 Å². The van der Waals surface area contributed by atoms with Crippen LogP contribution in [0.3, 0.4) is 0 Å². The molecular formula is C13H20N2. The number of fused-ring (bicyclic) bond motifs is 1. The summed E-state index contributed by atoms with van der Waals surface area (Å²) in [4.78, 5) is 0. The Bertz CT molecular complexity index is 333. The van der Waals surface area contributed by atoms with Crippen LogP contribution in [0.4, 0.5) is 0 Å². The lowest BCUT2D eigenvalue weighted by molar-refractivity contribution is 0.556. The third-order valence-corrected chi connectivity index (χ3v) is 3.17. The molecule has 0 aliphatic heterocycles. The molecule has 0 unspecified atom stereocenters. The number of nitrogens with two attached hydrogens (primary N) is 1. The van der Waals surface area contributed by atoms with Gasteiger partial charge < -0.3 is 11.1 Å². The Balaban J connectivity index is 1.98. The second kappa shape index (κ2) is 4.77. The number of hydrogen-bond acceptors (Lipinski definition) is 2. The molecule has 0 amide bonds. The lowest BCUT2D eigenvalue weighted by Gasteiger charge is -2.11. The highest BCUT2D eigenvalue weighted by molar-refractivity contribution is 5.35. The van der Waals surface area contributed by atoms with Crippen LogP contribution in [0.25, 0.3) is 0 Å². The fraction of sp³-hybridized carbons (Fsp3) is 0.538. The first kappa shape index (κ1) is 10.7. The van der Waals surface area contributed by atoms with Gasteiger partial charge in [-0.15, -0.1) is 0 Å². The van der Waals surface area contributed by atoms with Gasteiger partial charge in [0.15, 0.2) is 0 Å². The molecule has 0 spiro atoms. The van der Waals surface area contributed by atoms with Gasteiger partial charge in [0.1, 0.15) is 0 Å². The quantitative estimate of drug-likeness (QED) is 0.782. The van der Waals surface area contributed by atoms with Gasteiger partial charge in [0.05, 0.1) is 0 Å². The summed E-state index contributed by atoms with van der Waals surface area (Å²) in [5.41, 5.74) is 10.0. The summed E-state index contributed by atoms with van der Waals surface area (Å²) in [5.74, 6) is 0. The number of aryl methyl sites for hydroxylation is 2. The van der Waals surface area contributed by atoms with Crippen molar-refractivity contribution in [2.24, 2.45) is 5.73 Å². The minimum atomic E-state index is 0.401. The average molecular weight is 204 g/mol. The summed E-state index contributed by atoms with van der Waals surface area (Å²) in [6.07, 6.45) is 3.85. The molecule has 0 saturated carbocycles. The van der Waals surface area contributed by atoms with Crippen LogP contribution in [-0.4, -0.2) is 12.6 Å². The fourth-order valence-electron chi connectivity index (χ4n) is 2.11. The molecule has 0 aromatic heterocycles. The second-order valence-electron chi connectivity index (χ2n) is 4.47. The Morgan fingerprint density at radius 1 is 1.33 bits per heavy atom. The van der Waals surface area contributed by atoms with Crippen molar-refractivity contribution in [3.05, 3.63) is 34.9 Å². The zero-order valence-corrected chi connectivity index (χ0v) is 9.42. The number of rotatable bonds is 4. The first-order chi connectivity index (χ1) is 7.29. The van der Waals surface area contributed by atoms with Crippen LogP contribution in [0, 0.1) is 0 Å². The van der Waals surface area contributed by atoms with Gasteiger partial charge in [-0.1, -0.05) is 18.2 Å². The predicted molar refractivity (Wildman–Crippen MR) is 63.8 cm³/mol. The third kappa shape index (κ3) is 2.58. The highest BCUT2D eigenvalue weighted by Crippen LogP contribution is 2.22. The van der Waals surface area contributed by atoms with Gasteiger partial charge in [0.25, 0.3) is 0 Å². The van der Waals surface area contributed by atoms with E-state index in [0.29, 0.717) is 12.6 Å². The van der Waals surface area contributed by atoms with E-state index in [0.717, 1.165) is 6.54 Å². The van der Waals surface area contributed by atoms with Crippen LogP contribution in [-0.2, 0) is 19.4 Å². The average Bonchev–Trinajstić information content (AvgIpc) is 2.72. The topological polar surface area (TPSA) is 38.0 Å². The smallest absolute Gasteiger partial charge is 0.0208 e. The molecule has 2 nitrogen and oxygen atoms in total. The van der Waals surface area contributed by atoms with E-state index in [2.05, 4.69) is 30.4 Å². The van der Waals surface area contributed by atoms with E-state index in [-0.39, 0.29) is 0 Å². The maximum absolute atomic E-state index is 5.56.